The molecule has 6 heterocycles. The van der Waals surface area contributed by atoms with E-state index in [1.54, 1.807) is 40.3 Å². The Morgan fingerprint density at radius 1 is 1.19 bits per heavy atom. The maximum atomic E-state index is 12.6. The number of carbonyl (C=O) groups is 1. The summed E-state index contributed by atoms with van der Waals surface area (Å²) in [5.74, 6) is 0.671. The van der Waals surface area contributed by atoms with Gasteiger partial charge in [0.25, 0.3) is 0 Å². The van der Waals surface area contributed by atoms with Crippen LogP contribution in [0.25, 0.3) is 28.0 Å². The van der Waals surface area contributed by atoms with Crippen molar-refractivity contribution in [3.63, 3.8) is 0 Å². The van der Waals surface area contributed by atoms with Crippen molar-refractivity contribution < 1.29 is 4.79 Å². The molecule has 2 aliphatic heterocycles. The first kappa shape index (κ1) is 18.4. The van der Waals surface area contributed by atoms with Crippen LogP contribution in [0.5, 0.6) is 0 Å². The van der Waals surface area contributed by atoms with Gasteiger partial charge in [0.05, 0.1) is 30.3 Å². The normalized spacial score (nSPS) is 20.2. The number of carbonyl (C=O) groups excluding carboxylic acids is 1. The molecule has 4 aromatic rings. The predicted molar refractivity (Wildman–Crippen MR) is 114 cm³/mol. The maximum Gasteiger partial charge on any atom is 0.245 e. The lowest BCUT2D eigenvalue weighted by Crippen LogP contribution is -2.56. The SMILES string of the molecule is CN1CC2CCC(C1=O)N2c1ncc2[nH]nc(-c3cnn(-c4ccc(C#N)nc4)c3)c2n1. The number of nitrogens with one attached hydrogen (secondary N) is 1. The van der Waals surface area contributed by atoms with E-state index in [0.717, 1.165) is 24.1 Å². The molecule has 158 valence electrons. The summed E-state index contributed by atoms with van der Waals surface area (Å²) in [4.78, 5) is 29.9. The lowest BCUT2D eigenvalue weighted by molar-refractivity contribution is -0.132. The van der Waals surface area contributed by atoms with Crippen LogP contribution >= 0.6 is 0 Å². The van der Waals surface area contributed by atoms with Crippen LogP contribution in [0.1, 0.15) is 18.5 Å². The zero-order valence-electron chi connectivity index (χ0n) is 17.2. The van der Waals surface area contributed by atoms with Gasteiger partial charge in [-0.2, -0.15) is 15.5 Å². The molecule has 0 saturated carbocycles. The number of amides is 1. The van der Waals surface area contributed by atoms with E-state index in [1.807, 2.05) is 19.3 Å². The Bertz CT molecular complexity index is 1380. The number of pyridine rings is 1. The van der Waals surface area contributed by atoms with E-state index < -0.39 is 0 Å². The van der Waals surface area contributed by atoms with Gasteiger partial charge in [0.2, 0.25) is 11.9 Å². The third-order valence-corrected chi connectivity index (χ3v) is 6.15. The van der Waals surface area contributed by atoms with E-state index in [4.69, 9.17) is 10.2 Å². The highest BCUT2D eigenvalue weighted by atomic mass is 16.2. The quantitative estimate of drug-likeness (QED) is 0.518. The molecule has 0 aliphatic carbocycles. The zero-order valence-corrected chi connectivity index (χ0v) is 17.2. The number of likely N-dealkylation sites (N-methyl/N-ethyl adjacent to an activating group) is 1. The van der Waals surface area contributed by atoms with Gasteiger partial charge in [0.1, 0.15) is 34.5 Å². The summed E-state index contributed by atoms with van der Waals surface area (Å²) < 4.78 is 1.67. The number of piperazine rings is 1. The number of hydrogen-bond acceptors (Lipinski definition) is 8. The number of likely N-dealkylation sites (tertiary alicyclic amines) is 1. The minimum Gasteiger partial charge on any atom is -0.342 e. The van der Waals surface area contributed by atoms with E-state index >= 15 is 0 Å². The third kappa shape index (κ3) is 2.73. The van der Waals surface area contributed by atoms with Gasteiger partial charge in [-0.3, -0.25) is 9.89 Å². The fraction of sp³-hybridized carbons (Fsp3) is 0.286. The van der Waals surface area contributed by atoms with Crippen LogP contribution in [-0.4, -0.2) is 71.4 Å². The van der Waals surface area contributed by atoms with Crippen molar-refractivity contribution in [1.29, 1.82) is 5.26 Å². The van der Waals surface area contributed by atoms with E-state index in [-0.39, 0.29) is 18.0 Å². The highest BCUT2D eigenvalue weighted by Crippen LogP contribution is 2.34. The molecular weight excluding hydrogens is 408 g/mol. The number of aromatic amines is 1. The van der Waals surface area contributed by atoms with Crippen molar-refractivity contribution in [3.8, 4) is 23.0 Å². The van der Waals surface area contributed by atoms with Crippen LogP contribution in [0.4, 0.5) is 5.95 Å². The van der Waals surface area contributed by atoms with Crippen molar-refractivity contribution in [1.82, 2.24) is 39.8 Å². The van der Waals surface area contributed by atoms with E-state index in [2.05, 4.69) is 30.2 Å². The fourth-order valence-corrected chi connectivity index (χ4v) is 4.57. The summed E-state index contributed by atoms with van der Waals surface area (Å²) in [6.45, 7) is 0.681. The number of nitrogens with zero attached hydrogens (tertiary/aromatic N) is 9. The molecule has 2 atom stereocenters. The molecule has 0 aromatic carbocycles. The Morgan fingerprint density at radius 3 is 2.91 bits per heavy atom. The van der Waals surface area contributed by atoms with Gasteiger partial charge in [-0.05, 0) is 25.0 Å². The van der Waals surface area contributed by atoms with Gasteiger partial charge in [-0.1, -0.05) is 0 Å². The number of rotatable bonds is 3. The van der Waals surface area contributed by atoms with E-state index in [0.29, 0.717) is 34.9 Å². The largest absolute Gasteiger partial charge is 0.342 e. The Balaban J connectivity index is 1.37. The standard InChI is InChI=1S/C21H18N10O/c1-29-11-15-4-5-17(20(29)32)31(15)21-24-9-16-19(26-21)18(28-27-16)12-7-25-30(10-12)14-3-2-13(6-22)23-8-14/h2-3,7-10,15,17H,4-5,11H2,1H3,(H,27,28). The van der Waals surface area contributed by atoms with E-state index in [9.17, 15) is 4.79 Å². The predicted octanol–water partition coefficient (Wildman–Crippen LogP) is 1.28. The van der Waals surface area contributed by atoms with Gasteiger partial charge >= 0.3 is 0 Å². The molecule has 2 saturated heterocycles. The Labute approximate surface area is 182 Å². The minimum absolute atomic E-state index is 0.118. The molecule has 0 spiro atoms. The Hall–Kier alpha value is -4.33. The maximum absolute atomic E-state index is 12.6. The molecule has 2 aliphatic rings. The second-order valence-electron chi connectivity index (χ2n) is 8.06. The van der Waals surface area contributed by atoms with Crippen molar-refractivity contribution in [3.05, 3.63) is 42.6 Å². The van der Waals surface area contributed by atoms with Gasteiger partial charge in [0, 0.05) is 25.4 Å². The molecule has 6 rings (SSSR count). The van der Waals surface area contributed by atoms with Crippen LogP contribution in [0.15, 0.2) is 36.9 Å². The molecule has 2 bridgehead atoms. The Morgan fingerprint density at radius 2 is 2.09 bits per heavy atom. The van der Waals surface area contributed by atoms with Crippen LogP contribution in [0, 0.1) is 11.3 Å². The summed E-state index contributed by atoms with van der Waals surface area (Å²) in [5.41, 5.74) is 3.91. The topological polar surface area (TPSA) is 133 Å². The van der Waals surface area contributed by atoms with Crippen molar-refractivity contribution >= 4 is 22.9 Å². The second kappa shape index (κ2) is 6.84. The summed E-state index contributed by atoms with van der Waals surface area (Å²) in [7, 11) is 1.85. The smallest absolute Gasteiger partial charge is 0.245 e. The molecule has 4 aromatic heterocycles. The highest BCUT2D eigenvalue weighted by molar-refractivity contribution is 5.91. The molecule has 1 N–H and O–H groups in total. The van der Waals surface area contributed by atoms with Crippen molar-refractivity contribution in [2.45, 2.75) is 24.9 Å². The van der Waals surface area contributed by atoms with Crippen molar-refractivity contribution in [2.24, 2.45) is 0 Å². The molecule has 0 radical (unpaired) electrons. The zero-order chi connectivity index (χ0) is 21.8. The number of hydrogen-bond donors (Lipinski definition) is 1. The summed E-state index contributed by atoms with van der Waals surface area (Å²) in [6.07, 6.45) is 8.62. The van der Waals surface area contributed by atoms with Crippen LogP contribution < -0.4 is 4.90 Å². The summed E-state index contributed by atoms with van der Waals surface area (Å²) in [6, 6.07) is 5.45. The molecule has 2 unspecified atom stereocenters. The molecule has 11 nitrogen and oxygen atoms in total. The Kier molecular flexibility index (Phi) is 3.94. The van der Waals surface area contributed by atoms with Gasteiger partial charge in [-0.15, -0.1) is 0 Å². The fourth-order valence-electron chi connectivity index (χ4n) is 4.57. The molecular formula is C21H18N10O. The molecule has 11 heteroatoms. The summed E-state index contributed by atoms with van der Waals surface area (Å²) >= 11 is 0. The van der Waals surface area contributed by atoms with Crippen LogP contribution in [0.3, 0.4) is 0 Å². The lowest BCUT2D eigenvalue weighted by Gasteiger charge is -2.38. The van der Waals surface area contributed by atoms with Crippen LogP contribution in [0.2, 0.25) is 0 Å². The summed E-state index contributed by atoms with van der Waals surface area (Å²) in [5, 5.41) is 20.7. The number of nitriles is 1. The first-order chi connectivity index (χ1) is 15.6. The van der Waals surface area contributed by atoms with Gasteiger partial charge in [-0.25, -0.2) is 19.6 Å². The average molecular weight is 426 g/mol. The second-order valence-corrected chi connectivity index (χ2v) is 8.06. The van der Waals surface area contributed by atoms with Gasteiger partial charge in [0.15, 0.2) is 0 Å². The third-order valence-electron chi connectivity index (χ3n) is 6.15. The number of H-pyrrole nitrogens is 1. The number of aromatic nitrogens is 7. The van der Waals surface area contributed by atoms with Crippen LogP contribution in [-0.2, 0) is 4.79 Å². The molecule has 2 fully saturated rings. The molecule has 32 heavy (non-hydrogen) atoms. The van der Waals surface area contributed by atoms with E-state index in [1.165, 1.54) is 0 Å². The number of anilines is 1. The first-order valence-electron chi connectivity index (χ1n) is 10.3. The lowest BCUT2D eigenvalue weighted by atomic mass is 10.2. The number of fused-ring (bicyclic) bond motifs is 3. The highest BCUT2D eigenvalue weighted by Gasteiger charge is 2.45. The van der Waals surface area contributed by atoms with Gasteiger partial charge < -0.3 is 9.80 Å². The average Bonchev–Trinajstić information content (AvgIpc) is 3.54. The van der Waals surface area contributed by atoms with Crippen molar-refractivity contribution in [2.75, 3.05) is 18.5 Å². The molecule has 1 amide bonds. The minimum atomic E-state index is -0.210. The monoisotopic (exact) mass is 426 g/mol. The first-order valence-corrected chi connectivity index (χ1v) is 10.3.